The van der Waals surface area contributed by atoms with E-state index in [2.05, 4.69) is 23.8 Å². The fraction of sp³-hybridized carbons (Fsp3) is 0.929. The van der Waals surface area contributed by atoms with E-state index < -0.39 is 0 Å². The van der Waals surface area contributed by atoms with Crippen LogP contribution in [0.4, 0.5) is 0 Å². The Balaban J connectivity index is 2.11. The molecule has 0 aromatic rings. The summed E-state index contributed by atoms with van der Waals surface area (Å²) in [6, 6.07) is 0. The van der Waals surface area contributed by atoms with Gasteiger partial charge in [0.05, 0.1) is 19.4 Å². The number of unbranched alkanes of at least 4 members (excludes halogenated alkanes) is 16. The zero-order valence-corrected chi connectivity index (χ0v) is 21.2. The third-order valence-electron chi connectivity index (χ3n) is 6.61. The highest BCUT2D eigenvalue weighted by molar-refractivity contribution is 5.74. The molecule has 31 heavy (non-hydrogen) atoms. The Bertz CT molecular complexity index is 409. The number of hydrogen-bond donors (Lipinski definition) is 0. The van der Waals surface area contributed by atoms with Gasteiger partial charge in [0, 0.05) is 6.21 Å². The van der Waals surface area contributed by atoms with Crippen LogP contribution in [0.3, 0.4) is 0 Å². The maximum atomic E-state index is 6.06. The Kier molecular flexibility index (Phi) is 20.6. The minimum absolute atomic E-state index is 0.137. The predicted molar refractivity (Wildman–Crippen MR) is 139 cm³/mol. The van der Waals surface area contributed by atoms with E-state index in [1.165, 1.54) is 128 Å². The first-order chi connectivity index (χ1) is 15.4. The molecule has 0 radical (unpaired) electrons. The lowest BCUT2D eigenvalue weighted by Crippen LogP contribution is -2.20. The molecule has 182 valence electrons. The molecule has 2 atom stereocenters. The first-order valence-corrected chi connectivity index (χ1v) is 14.0. The molecular formula is C28H54N2O. The highest BCUT2D eigenvalue weighted by atomic mass is 16.5. The molecule has 2 unspecified atom stereocenters. The molecule has 3 heteroatoms. The second kappa shape index (κ2) is 22.5. The minimum Gasteiger partial charge on any atom is -0.351 e. The van der Waals surface area contributed by atoms with Crippen molar-refractivity contribution in [1.29, 1.82) is 0 Å². The van der Waals surface area contributed by atoms with Crippen LogP contribution in [-0.4, -0.2) is 31.8 Å². The van der Waals surface area contributed by atoms with E-state index in [-0.39, 0.29) is 6.23 Å². The van der Waals surface area contributed by atoms with Crippen molar-refractivity contribution in [2.24, 2.45) is 15.9 Å². The lowest BCUT2D eigenvalue weighted by Gasteiger charge is -2.19. The van der Waals surface area contributed by atoms with Gasteiger partial charge >= 0.3 is 0 Å². The molecule has 0 aromatic heterocycles. The average molecular weight is 435 g/mol. The molecular weight excluding hydrogens is 380 g/mol. The highest BCUT2D eigenvalue weighted by Crippen LogP contribution is 2.21. The molecule has 0 fully saturated rings. The first-order valence-electron chi connectivity index (χ1n) is 14.0. The van der Waals surface area contributed by atoms with E-state index in [0.717, 1.165) is 6.61 Å². The smallest absolute Gasteiger partial charge is 0.183 e. The zero-order chi connectivity index (χ0) is 22.2. The van der Waals surface area contributed by atoms with Gasteiger partial charge in [-0.05, 0) is 18.8 Å². The topological polar surface area (TPSA) is 34.0 Å². The third kappa shape index (κ3) is 18.6. The van der Waals surface area contributed by atoms with Crippen molar-refractivity contribution in [2.75, 3.05) is 13.2 Å². The Hall–Kier alpha value is -0.700. The number of nitrogens with zero attached hydrogens (tertiary/aromatic N) is 2. The normalized spacial score (nSPS) is 16.8. The van der Waals surface area contributed by atoms with Gasteiger partial charge in [-0.25, -0.2) is 0 Å². The summed E-state index contributed by atoms with van der Waals surface area (Å²) < 4.78 is 6.06. The van der Waals surface area contributed by atoms with Gasteiger partial charge in [0.2, 0.25) is 0 Å². The van der Waals surface area contributed by atoms with Crippen LogP contribution in [-0.2, 0) is 4.74 Å². The Morgan fingerprint density at radius 3 is 1.55 bits per heavy atom. The van der Waals surface area contributed by atoms with Crippen LogP contribution in [0, 0.1) is 5.92 Å². The molecule has 0 spiro atoms. The molecule has 0 aromatic carbocycles. The predicted octanol–water partition coefficient (Wildman–Crippen LogP) is 8.94. The SMILES string of the molecule is CCCCCCCCCCCCC(CCCCCCCCCC)COC1C=NCC=N1. The van der Waals surface area contributed by atoms with Crippen molar-refractivity contribution in [2.45, 2.75) is 148 Å². The maximum absolute atomic E-state index is 6.06. The van der Waals surface area contributed by atoms with Crippen molar-refractivity contribution in [3.63, 3.8) is 0 Å². The number of aliphatic imine (C=N–C) groups is 2. The molecule has 1 aliphatic heterocycles. The summed E-state index contributed by atoms with van der Waals surface area (Å²) in [5, 5.41) is 0. The van der Waals surface area contributed by atoms with E-state index in [9.17, 15) is 0 Å². The summed E-state index contributed by atoms with van der Waals surface area (Å²) in [5.74, 6) is 0.694. The lowest BCUT2D eigenvalue weighted by atomic mass is 9.94. The van der Waals surface area contributed by atoms with Crippen molar-refractivity contribution >= 4 is 12.4 Å². The van der Waals surface area contributed by atoms with Crippen molar-refractivity contribution < 1.29 is 4.74 Å². The van der Waals surface area contributed by atoms with Gasteiger partial charge in [-0.2, -0.15) is 0 Å². The highest BCUT2D eigenvalue weighted by Gasteiger charge is 2.13. The van der Waals surface area contributed by atoms with Gasteiger partial charge in [-0.1, -0.05) is 129 Å². The van der Waals surface area contributed by atoms with Crippen LogP contribution in [0.5, 0.6) is 0 Å². The number of ether oxygens (including phenoxy) is 1. The van der Waals surface area contributed by atoms with E-state index >= 15 is 0 Å². The number of rotatable bonds is 23. The maximum Gasteiger partial charge on any atom is 0.183 e. The molecule has 3 nitrogen and oxygen atoms in total. The van der Waals surface area contributed by atoms with Gasteiger partial charge in [0.1, 0.15) is 0 Å². The molecule has 0 saturated heterocycles. The van der Waals surface area contributed by atoms with Crippen LogP contribution < -0.4 is 0 Å². The second-order valence-corrected chi connectivity index (χ2v) is 9.67. The van der Waals surface area contributed by atoms with Crippen molar-refractivity contribution in [3.05, 3.63) is 0 Å². The summed E-state index contributed by atoms with van der Waals surface area (Å²) in [5.41, 5.74) is 0. The van der Waals surface area contributed by atoms with Gasteiger partial charge < -0.3 is 4.74 Å². The summed E-state index contributed by atoms with van der Waals surface area (Å²) in [4.78, 5) is 8.69. The standard InChI is InChI=1S/C28H54N2O/c1-3-5-7-9-11-13-14-16-18-20-22-27(26-31-28-25-29-23-24-30-28)21-19-17-15-12-10-8-6-4-2/h24-25,27-28H,3-23,26H2,1-2H3. The van der Waals surface area contributed by atoms with Gasteiger partial charge in [0.15, 0.2) is 6.23 Å². The van der Waals surface area contributed by atoms with E-state index in [0.29, 0.717) is 12.5 Å². The fourth-order valence-corrected chi connectivity index (χ4v) is 4.51. The Morgan fingerprint density at radius 2 is 1.13 bits per heavy atom. The molecule has 0 aliphatic carbocycles. The van der Waals surface area contributed by atoms with E-state index in [1.807, 2.05) is 12.4 Å². The largest absolute Gasteiger partial charge is 0.351 e. The number of hydrogen-bond acceptors (Lipinski definition) is 3. The zero-order valence-electron chi connectivity index (χ0n) is 21.2. The molecule has 1 heterocycles. The summed E-state index contributed by atoms with van der Waals surface area (Å²) in [6.07, 6.45) is 31.6. The van der Waals surface area contributed by atoms with Crippen molar-refractivity contribution in [3.8, 4) is 0 Å². The fourth-order valence-electron chi connectivity index (χ4n) is 4.51. The quantitative estimate of drug-likeness (QED) is 0.148. The van der Waals surface area contributed by atoms with Gasteiger partial charge in [-0.3, -0.25) is 9.98 Å². The molecule has 1 rings (SSSR count). The second-order valence-electron chi connectivity index (χ2n) is 9.67. The molecule has 0 saturated carbocycles. The van der Waals surface area contributed by atoms with Crippen LogP contribution in [0.1, 0.15) is 142 Å². The summed E-state index contributed by atoms with van der Waals surface area (Å²) in [7, 11) is 0. The molecule has 0 amide bonds. The van der Waals surface area contributed by atoms with Gasteiger partial charge in [-0.15, -0.1) is 0 Å². The van der Waals surface area contributed by atoms with E-state index in [4.69, 9.17) is 4.74 Å². The summed E-state index contributed by atoms with van der Waals surface area (Å²) >= 11 is 0. The average Bonchev–Trinajstić information content (AvgIpc) is 2.80. The van der Waals surface area contributed by atoms with Crippen LogP contribution in [0.25, 0.3) is 0 Å². The van der Waals surface area contributed by atoms with Crippen molar-refractivity contribution in [1.82, 2.24) is 0 Å². The van der Waals surface area contributed by atoms with Crippen LogP contribution in [0.2, 0.25) is 0 Å². The molecule has 0 bridgehead atoms. The monoisotopic (exact) mass is 434 g/mol. The Morgan fingerprint density at radius 1 is 0.677 bits per heavy atom. The van der Waals surface area contributed by atoms with E-state index in [1.54, 1.807) is 0 Å². The molecule has 1 aliphatic rings. The van der Waals surface area contributed by atoms with Crippen LogP contribution in [0.15, 0.2) is 9.98 Å². The third-order valence-corrected chi connectivity index (χ3v) is 6.61. The van der Waals surface area contributed by atoms with Gasteiger partial charge in [0.25, 0.3) is 0 Å². The first kappa shape index (κ1) is 28.3. The molecule has 0 N–H and O–H groups in total. The minimum atomic E-state index is -0.137. The lowest BCUT2D eigenvalue weighted by molar-refractivity contribution is 0.0679. The van der Waals surface area contributed by atoms with Crippen LogP contribution >= 0.6 is 0 Å². The summed E-state index contributed by atoms with van der Waals surface area (Å²) in [6.45, 7) is 6.15. The Labute approximate surface area is 194 Å².